The van der Waals surface area contributed by atoms with Crippen molar-refractivity contribution < 1.29 is 14.3 Å². The lowest BCUT2D eigenvalue weighted by molar-refractivity contribution is 0.102. The predicted octanol–water partition coefficient (Wildman–Crippen LogP) is 5.69. The van der Waals surface area contributed by atoms with Gasteiger partial charge in [-0.05, 0) is 61.9 Å². The minimum absolute atomic E-state index is 0.141. The maximum absolute atomic E-state index is 12.3. The molecule has 0 radical (unpaired) electrons. The molecule has 0 aliphatic rings. The quantitative estimate of drug-likeness (QED) is 0.527. The Morgan fingerprint density at radius 3 is 2.08 bits per heavy atom. The van der Waals surface area contributed by atoms with Crippen LogP contribution in [-0.4, -0.2) is 19.1 Å². The second kappa shape index (κ2) is 11.2. The van der Waals surface area contributed by atoms with E-state index in [2.05, 4.69) is 12.2 Å². The van der Waals surface area contributed by atoms with Crippen LogP contribution in [0, 0.1) is 0 Å². The van der Waals surface area contributed by atoms with Crippen LogP contribution in [0.1, 0.15) is 56.3 Å². The largest absolute Gasteiger partial charge is 0.494 e. The van der Waals surface area contributed by atoms with E-state index in [0.717, 1.165) is 30.2 Å². The van der Waals surface area contributed by atoms with E-state index in [1.165, 1.54) is 25.7 Å². The van der Waals surface area contributed by atoms with E-state index in [1.54, 1.807) is 24.3 Å². The monoisotopic (exact) mass is 355 g/mol. The van der Waals surface area contributed by atoms with Crippen molar-refractivity contribution in [3.63, 3.8) is 0 Å². The molecular formula is C22H29NO3. The Morgan fingerprint density at radius 2 is 1.42 bits per heavy atom. The second-order valence-electron chi connectivity index (χ2n) is 6.20. The van der Waals surface area contributed by atoms with E-state index in [0.29, 0.717) is 12.2 Å². The van der Waals surface area contributed by atoms with E-state index in [4.69, 9.17) is 9.47 Å². The van der Waals surface area contributed by atoms with E-state index in [1.807, 2.05) is 31.2 Å². The lowest BCUT2D eigenvalue weighted by atomic mass is 10.2. The summed E-state index contributed by atoms with van der Waals surface area (Å²) in [6.07, 6.45) is 6.12. The van der Waals surface area contributed by atoms with Crippen LogP contribution in [0.15, 0.2) is 48.5 Å². The van der Waals surface area contributed by atoms with Crippen LogP contribution >= 0.6 is 0 Å². The molecule has 0 atom stereocenters. The van der Waals surface area contributed by atoms with Gasteiger partial charge >= 0.3 is 0 Å². The van der Waals surface area contributed by atoms with Gasteiger partial charge in [-0.3, -0.25) is 4.79 Å². The number of hydrogen-bond donors (Lipinski definition) is 1. The highest BCUT2D eigenvalue weighted by atomic mass is 16.5. The van der Waals surface area contributed by atoms with Crippen molar-refractivity contribution in [3.8, 4) is 11.5 Å². The summed E-state index contributed by atoms with van der Waals surface area (Å²) in [7, 11) is 0. The van der Waals surface area contributed by atoms with E-state index >= 15 is 0 Å². The molecule has 0 bridgehead atoms. The molecule has 0 aliphatic carbocycles. The third kappa shape index (κ3) is 6.79. The average Bonchev–Trinajstić information content (AvgIpc) is 2.66. The number of anilines is 1. The normalized spacial score (nSPS) is 10.4. The first kappa shape index (κ1) is 19.8. The van der Waals surface area contributed by atoms with Crippen molar-refractivity contribution in [2.45, 2.75) is 46.0 Å². The number of benzene rings is 2. The fraction of sp³-hybridized carbons (Fsp3) is 0.409. The van der Waals surface area contributed by atoms with Gasteiger partial charge in [-0.1, -0.05) is 32.6 Å². The Kier molecular flexibility index (Phi) is 8.53. The van der Waals surface area contributed by atoms with Crippen molar-refractivity contribution >= 4 is 11.6 Å². The first-order valence-corrected chi connectivity index (χ1v) is 9.50. The summed E-state index contributed by atoms with van der Waals surface area (Å²) in [5, 5.41) is 2.89. The van der Waals surface area contributed by atoms with Gasteiger partial charge in [0, 0.05) is 11.3 Å². The number of nitrogens with one attached hydrogen (secondary N) is 1. The van der Waals surface area contributed by atoms with Crippen LogP contribution in [0.5, 0.6) is 11.5 Å². The molecule has 2 rings (SSSR count). The molecule has 140 valence electrons. The summed E-state index contributed by atoms with van der Waals surface area (Å²) in [5.74, 6) is 1.46. The van der Waals surface area contributed by atoms with Gasteiger partial charge in [0.15, 0.2) is 0 Å². The minimum Gasteiger partial charge on any atom is -0.494 e. The zero-order valence-electron chi connectivity index (χ0n) is 15.8. The summed E-state index contributed by atoms with van der Waals surface area (Å²) in [5.41, 5.74) is 1.35. The first-order valence-electron chi connectivity index (χ1n) is 9.50. The molecule has 0 saturated heterocycles. The highest BCUT2D eigenvalue weighted by Crippen LogP contribution is 2.18. The van der Waals surface area contributed by atoms with Gasteiger partial charge < -0.3 is 14.8 Å². The number of ether oxygens (including phenoxy) is 2. The molecule has 0 heterocycles. The Balaban J connectivity index is 1.78. The molecule has 2 aromatic rings. The summed E-state index contributed by atoms with van der Waals surface area (Å²) in [6, 6.07) is 14.6. The molecule has 4 nitrogen and oxygen atoms in total. The Hall–Kier alpha value is -2.49. The first-order chi connectivity index (χ1) is 12.7. The summed E-state index contributed by atoms with van der Waals surface area (Å²) in [6.45, 7) is 5.49. The van der Waals surface area contributed by atoms with Crippen molar-refractivity contribution in [2.24, 2.45) is 0 Å². The van der Waals surface area contributed by atoms with Crippen molar-refractivity contribution in [1.82, 2.24) is 0 Å². The topological polar surface area (TPSA) is 47.6 Å². The predicted molar refractivity (Wildman–Crippen MR) is 106 cm³/mol. The summed E-state index contributed by atoms with van der Waals surface area (Å²) >= 11 is 0. The number of rotatable bonds is 11. The molecule has 4 heteroatoms. The van der Waals surface area contributed by atoms with Gasteiger partial charge in [0.2, 0.25) is 0 Å². The zero-order chi connectivity index (χ0) is 18.6. The molecule has 1 N–H and O–H groups in total. The van der Waals surface area contributed by atoms with Crippen LogP contribution in [-0.2, 0) is 0 Å². The molecular weight excluding hydrogens is 326 g/mol. The van der Waals surface area contributed by atoms with Crippen LogP contribution in [0.25, 0.3) is 0 Å². The molecule has 2 aromatic carbocycles. The fourth-order valence-electron chi connectivity index (χ4n) is 2.60. The van der Waals surface area contributed by atoms with Gasteiger partial charge in [0.05, 0.1) is 13.2 Å². The smallest absolute Gasteiger partial charge is 0.255 e. The minimum atomic E-state index is -0.141. The van der Waals surface area contributed by atoms with Crippen molar-refractivity contribution in [1.29, 1.82) is 0 Å². The Bertz CT molecular complexity index is 650. The molecule has 0 saturated carbocycles. The van der Waals surface area contributed by atoms with E-state index in [-0.39, 0.29) is 5.91 Å². The highest BCUT2D eigenvalue weighted by Gasteiger charge is 2.06. The number of carbonyl (C=O) groups is 1. The maximum atomic E-state index is 12.3. The van der Waals surface area contributed by atoms with Gasteiger partial charge in [0.25, 0.3) is 5.91 Å². The number of carbonyl (C=O) groups excluding carboxylic acids is 1. The Labute approximate surface area is 156 Å². The van der Waals surface area contributed by atoms with Crippen molar-refractivity contribution in [3.05, 3.63) is 54.1 Å². The fourth-order valence-corrected chi connectivity index (χ4v) is 2.60. The third-order valence-electron chi connectivity index (χ3n) is 4.06. The van der Waals surface area contributed by atoms with Crippen LogP contribution < -0.4 is 14.8 Å². The SMILES string of the molecule is CCCCCCCOc1ccc(NC(=O)c2ccc(OCC)cc2)cc1. The molecule has 0 fully saturated rings. The number of hydrogen-bond acceptors (Lipinski definition) is 3. The van der Waals surface area contributed by atoms with Crippen LogP contribution in [0.2, 0.25) is 0 Å². The Morgan fingerprint density at radius 1 is 0.808 bits per heavy atom. The lowest BCUT2D eigenvalue weighted by Gasteiger charge is -2.09. The van der Waals surface area contributed by atoms with Crippen molar-refractivity contribution in [2.75, 3.05) is 18.5 Å². The van der Waals surface area contributed by atoms with Gasteiger partial charge in [-0.15, -0.1) is 0 Å². The standard InChI is InChI=1S/C22H29NO3/c1-3-5-6-7-8-17-26-21-15-11-19(12-16-21)23-22(24)18-9-13-20(14-10-18)25-4-2/h9-16H,3-8,17H2,1-2H3,(H,23,24). The number of unbranched alkanes of at least 4 members (excludes halogenated alkanes) is 4. The molecule has 26 heavy (non-hydrogen) atoms. The second-order valence-corrected chi connectivity index (χ2v) is 6.20. The van der Waals surface area contributed by atoms with Crippen LogP contribution in [0.3, 0.4) is 0 Å². The van der Waals surface area contributed by atoms with Gasteiger partial charge in [-0.2, -0.15) is 0 Å². The maximum Gasteiger partial charge on any atom is 0.255 e. The third-order valence-corrected chi connectivity index (χ3v) is 4.06. The lowest BCUT2D eigenvalue weighted by Crippen LogP contribution is -2.11. The van der Waals surface area contributed by atoms with Gasteiger partial charge in [-0.25, -0.2) is 0 Å². The zero-order valence-corrected chi connectivity index (χ0v) is 15.8. The molecule has 0 unspecified atom stereocenters. The average molecular weight is 355 g/mol. The number of amides is 1. The summed E-state index contributed by atoms with van der Waals surface area (Å²) < 4.78 is 11.1. The molecule has 0 spiro atoms. The molecule has 0 aromatic heterocycles. The van der Waals surface area contributed by atoms with E-state index < -0.39 is 0 Å². The highest BCUT2D eigenvalue weighted by molar-refractivity contribution is 6.04. The van der Waals surface area contributed by atoms with Gasteiger partial charge in [0.1, 0.15) is 11.5 Å². The molecule has 0 aliphatic heterocycles. The summed E-state index contributed by atoms with van der Waals surface area (Å²) in [4.78, 5) is 12.3. The van der Waals surface area contributed by atoms with E-state index in [9.17, 15) is 4.79 Å². The van der Waals surface area contributed by atoms with Crippen LogP contribution in [0.4, 0.5) is 5.69 Å². The molecule has 1 amide bonds.